The summed E-state index contributed by atoms with van der Waals surface area (Å²) in [5, 5.41) is 0. The third-order valence-corrected chi connectivity index (χ3v) is 4.94. The second-order valence-electron chi connectivity index (χ2n) is 7.51. The van der Waals surface area contributed by atoms with E-state index in [0.29, 0.717) is 12.0 Å². The van der Waals surface area contributed by atoms with Crippen LogP contribution in [0.1, 0.15) is 39.5 Å². The van der Waals surface area contributed by atoms with Crippen molar-refractivity contribution in [2.75, 3.05) is 46.8 Å². The minimum absolute atomic E-state index is 0.223. The number of hydrogen-bond donors (Lipinski definition) is 0. The molecule has 1 atom stereocenters. The van der Waals surface area contributed by atoms with E-state index >= 15 is 0 Å². The predicted molar refractivity (Wildman–Crippen MR) is 82.7 cm³/mol. The normalized spacial score (nSPS) is 28.3. The summed E-state index contributed by atoms with van der Waals surface area (Å²) < 4.78 is 0. The predicted octanol–water partition coefficient (Wildman–Crippen LogP) is 1.66. The van der Waals surface area contributed by atoms with E-state index in [1.165, 1.54) is 32.2 Å². The second kappa shape index (κ2) is 6.44. The molecule has 0 N–H and O–H groups in total. The first-order valence-corrected chi connectivity index (χ1v) is 8.04. The summed E-state index contributed by atoms with van der Waals surface area (Å²) in [5.41, 5.74) is 0.525. The number of likely N-dealkylation sites (N-methyl/N-ethyl adjacent to an activating group) is 1. The van der Waals surface area contributed by atoms with Crippen LogP contribution in [-0.2, 0) is 4.79 Å². The van der Waals surface area contributed by atoms with Crippen LogP contribution in [0.2, 0.25) is 0 Å². The van der Waals surface area contributed by atoms with Gasteiger partial charge in [-0.1, -0.05) is 13.8 Å². The van der Waals surface area contributed by atoms with Crippen LogP contribution in [0.4, 0.5) is 0 Å². The molecule has 2 fully saturated rings. The Morgan fingerprint density at radius 1 is 1.20 bits per heavy atom. The fourth-order valence-corrected chi connectivity index (χ4v) is 3.56. The maximum absolute atomic E-state index is 11.8. The summed E-state index contributed by atoms with van der Waals surface area (Å²) in [6.07, 6.45) is 5.24. The Morgan fingerprint density at radius 2 is 1.95 bits per heavy atom. The second-order valence-corrected chi connectivity index (χ2v) is 7.51. The molecule has 2 rings (SSSR count). The molecule has 0 aromatic carbocycles. The van der Waals surface area contributed by atoms with Crippen molar-refractivity contribution in [3.05, 3.63) is 0 Å². The van der Waals surface area contributed by atoms with Gasteiger partial charge in [-0.05, 0) is 44.2 Å². The summed E-state index contributed by atoms with van der Waals surface area (Å²) in [5.74, 6) is 0.223. The number of rotatable bonds is 3. The summed E-state index contributed by atoms with van der Waals surface area (Å²) in [4.78, 5) is 18.5. The van der Waals surface area contributed by atoms with E-state index < -0.39 is 0 Å². The van der Waals surface area contributed by atoms with Crippen LogP contribution in [0.3, 0.4) is 0 Å². The molecule has 0 radical (unpaired) electrons. The minimum atomic E-state index is 0.223. The molecule has 1 unspecified atom stereocenters. The van der Waals surface area contributed by atoms with E-state index in [1.807, 2.05) is 14.1 Å². The van der Waals surface area contributed by atoms with Crippen LogP contribution in [0.15, 0.2) is 0 Å². The molecule has 4 heteroatoms. The van der Waals surface area contributed by atoms with Crippen molar-refractivity contribution in [2.45, 2.75) is 45.6 Å². The first kappa shape index (κ1) is 15.8. The third-order valence-electron chi connectivity index (χ3n) is 4.94. The Bertz CT molecular complexity index is 341. The fourth-order valence-electron chi connectivity index (χ4n) is 3.56. The number of nitrogens with zero attached hydrogens (tertiary/aromatic N) is 3. The van der Waals surface area contributed by atoms with Crippen LogP contribution < -0.4 is 0 Å². The summed E-state index contributed by atoms with van der Waals surface area (Å²) in [7, 11) is 3.68. The maximum atomic E-state index is 11.8. The molecule has 0 bridgehead atoms. The number of hydrogen-bond acceptors (Lipinski definition) is 3. The highest BCUT2D eigenvalue weighted by atomic mass is 16.2. The minimum Gasteiger partial charge on any atom is -0.348 e. The van der Waals surface area contributed by atoms with Gasteiger partial charge in [-0.2, -0.15) is 0 Å². The SMILES string of the molecule is CN(C)C(=O)CN1CCCN(C2CCC(C)(C)C2)CC1. The molecule has 1 saturated carbocycles. The van der Waals surface area contributed by atoms with Crippen LogP contribution in [0.25, 0.3) is 0 Å². The average Bonchev–Trinajstić information content (AvgIpc) is 2.60. The van der Waals surface area contributed by atoms with E-state index in [-0.39, 0.29) is 5.91 Å². The molecule has 0 aromatic heterocycles. The van der Waals surface area contributed by atoms with Crippen molar-refractivity contribution in [2.24, 2.45) is 5.41 Å². The molecular weight excluding hydrogens is 250 g/mol. The Labute approximate surface area is 124 Å². The number of carbonyl (C=O) groups is 1. The molecule has 0 aromatic rings. The lowest BCUT2D eigenvalue weighted by molar-refractivity contribution is -0.129. The first-order chi connectivity index (χ1) is 9.37. The number of carbonyl (C=O) groups excluding carboxylic acids is 1. The molecule has 0 spiro atoms. The van der Waals surface area contributed by atoms with Crippen molar-refractivity contribution in [3.63, 3.8) is 0 Å². The topological polar surface area (TPSA) is 26.8 Å². The fraction of sp³-hybridized carbons (Fsp3) is 0.938. The quantitative estimate of drug-likeness (QED) is 0.787. The molecule has 116 valence electrons. The lowest BCUT2D eigenvalue weighted by Crippen LogP contribution is -2.40. The van der Waals surface area contributed by atoms with Crippen LogP contribution in [-0.4, -0.2) is 73.5 Å². The zero-order valence-corrected chi connectivity index (χ0v) is 13.7. The van der Waals surface area contributed by atoms with Crippen molar-refractivity contribution < 1.29 is 4.79 Å². The van der Waals surface area contributed by atoms with Crippen molar-refractivity contribution in [3.8, 4) is 0 Å². The van der Waals surface area contributed by atoms with Crippen molar-refractivity contribution >= 4 is 5.91 Å². The van der Waals surface area contributed by atoms with E-state index in [2.05, 4.69) is 23.6 Å². The van der Waals surface area contributed by atoms with Crippen LogP contribution in [0.5, 0.6) is 0 Å². The molecule has 20 heavy (non-hydrogen) atoms. The summed E-state index contributed by atoms with van der Waals surface area (Å²) >= 11 is 0. The van der Waals surface area contributed by atoms with Crippen LogP contribution in [0, 0.1) is 5.41 Å². The zero-order chi connectivity index (χ0) is 14.8. The van der Waals surface area contributed by atoms with Gasteiger partial charge in [-0.3, -0.25) is 14.6 Å². The lowest BCUT2D eigenvalue weighted by Gasteiger charge is -2.29. The van der Waals surface area contributed by atoms with E-state index in [4.69, 9.17) is 0 Å². The Balaban J connectivity index is 1.82. The van der Waals surface area contributed by atoms with Gasteiger partial charge in [0.25, 0.3) is 0 Å². The average molecular weight is 281 g/mol. The molecule has 1 heterocycles. The Hall–Kier alpha value is -0.610. The zero-order valence-electron chi connectivity index (χ0n) is 13.7. The largest absolute Gasteiger partial charge is 0.348 e. The Kier molecular flexibility index (Phi) is 5.08. The van der Waals surface area contributed by atoms with Gasteiger partial charge in [0, 0.05) is 33.2 Å². The summed E-state index contributed by atoms with van der Waals surface area (Å²) in [6.45, 7) is 9.80. The highest BCUT2D eigenvalue weighted by Gasteiger charge is 2.34. The maximum Gasteiger partial charge on any atom is 0.236 e. The smallest absolute Gasteiger partial charge is 0.236 e. The van der Waals surface area contributed by atoms with E-state index in [0.717, 1.165) is 25.7 Å². The van der Waals surface area contributed by atoms with Gasteiger partial charge in [0.2, 0.25) is 5.91 Å². The van der Waals surface area contributed by atoms with Gasteiger partial charge in [0.15, 0.2) is 0 Å². The molecule has 1 saturated heterocycles. The third kappa shape index (κ3) is 4.19. The molecule has 1 amide bonds. The highest BCUT2D eigenvalue weighted by Crippen LogP contribution is 2.39. The Morgan fingerprint density at radius 3 is 2.55 bits per heavy atom. The monoisotopic (exact) mass is 281 g/mol. The molecular formula is C16H31N3O. The van der Waals surface area contributed by atoms with Gasteiger partial charge < -0.3 is 4.90 Å². The van der Waals surface area contributed by atoms with Gasteiger partial charge in [0.1, 0.15) is 0 Å². The van der Waals surface area contributed by atoms with Gasteiger partial charge >= 0.3 is 0 Å². The van der Waals surface area contributed by atoms with Crippen molar-refractivity contribution in [1.29, 1.82) is 0 Å². The van der Waals surface area contributed by atoms with Crippen LogP contribution >= 0.6 is 0 Å². The molecule has 4 nitrogen and oxygen atoms in total. The van der Waals surface area contributed by atoms with E-state index in [9.17, 15) is 4.79 Å². The highest BCUT2D eigenvalue weighted by molar-refractivity contribution is 5.77. The van der Waals surface area contributed by atoms with Crippen molar-refractivity contribution in [1.82, 2.24) is 14.7 Å². The standard InChI is InChI=1S/C16H31N3O/c1-16(2)7-6-14(12-16)19-9-5-8-18(10-11-19)13-15(20)17(3)4/h14H,5-13H2,1-4H3. The number of amides is 1. The van der Waals surface area contributed by atoms with E-state index in [1.54, 1.807) is 4.90 Å². The van der Waals surface area contributed by atoms with Gasteiger partial charge in [0.05, 0.1) is 6.54 Å². The molecule has 1 aliphatic heterocycles. The summed E-state index contributed by atoms with van der Waals surface area (Å²) in [6, 6.07) is 0.773. The lowest BCUT2D eigenvalue weighted by atomic mass is 9.91. The first-order valence-electron chi connectivity index (χ1n) is 8.04. The molecule has 1 aliphatic carbocycles. The van der Waals surface area contributed by atoms with Gasteiger partial charge in [-0.25, -0.2) is 0 Å². The van der Waals surface area contributed by atoms with Gasteiger partial charge in [-0.15, -0.1) is 0 Å². The molecule has 2 aliphatic rings.